The van der Waals surface area contributed by atoms with E-state index in [9.17, 15) is 10.2 Å². The minimum Gasteiger partial charge on any atom is -0.387 e. The van der Waals surface area contributed by atoms with E-state index >= 15 is 0 Å². The van der Waals surface area contributed by atoms with E-state index in [1.807, 2.05) is 12.1 Å². The molecule has 10 heteroatoms. The molecule has 0 amide bonds. The van der Waals surface area contributed by atoms with E-state index in [1.165, 1.54) is 34.5 Å². The van der Waals surface area contributed by atoms with Gasteiger partial charge >= 0.3 is 0 Å². The molecule has 1 aliphatic rings. The van der Waals surface area contributed by atoms with Crippen molar-refractivity contribution in [2.45, 2.75) is 31.1 Å². The van der Waals surface area contributed by atoms with Gasteiger partial charge in [-0.05, 0) is 12.1 Å². The summed E-state index contributed by atoms with van der Waals surface area (Å²) in [4.78, 5) is 12.4. The summed E-state index contributed by atoms with van der Waals surface area (Å²) in [5.41, 5.74) is 9.11. The van der Waals surface area contributed by atoms with Gasteiger partial charge < -0.3 is 30.6 Å². The highest BCUT2D eigenvalue weighted by Gasteiger charge is 2.44. The fraction of sp³-hybridized carbons (Fsp3) is 0.292. The van der Waals surface area contributed by atoms with Crippen LogP contribution < -0.4 is 11.1 Å². The Balaban J connectivity index is 1.15. The van der Waals surface area contributed by atoms with Crippen LogP contribution in [0.15, 0.2) is 61.2 Å². The van der Waals surface area contributed by atoms with Crippen LogP contribution in [0.2, 0.25) is 0 Å². The molecule has 34 heavy (non-hydrogen) atoms. The number of hydrogen-bond donors (Lipinski definition) is 4. The van der Waals surface area contributed by atoms with Gasteiger partial charge in [-0.3, -0.25) is 4.57 Å². The van der Waals surface area contributed by atoms with Crippen molar-refractivity contribution in [3.63, 3.8) is 0 Å². The Hall–Kier alpha value is -3.57. The molecule has 0 spiro atoms. The minimum atomic E-state index is -1.13. The van der Waals surface area contributed by atoms with E-state index in [4.69, 9.17) is 10.5 Å². The van der Waals surface area contributed by atoms with Gasteiger partial charge in [0.2, 0.25) is 0 Å². The molecule has 0 radical (unpaired) electrons. The maximum absolute atomic E-state index is 10.6. The van der Waals surface area contributed by atoms with Crippen molar-refractivity contribution in [3.8, 4) is 0 Å². The molecule has 2 aromatic carbocycles. The second kappa shape index (κ2) is 8.33. The summed E-state index contributed by atoms with van der Waals surface area (Å²) in [7, 11) is 0. The first-order chi connectivity index (χ1) is 16.6. The maximum Gasteiger partial charge on any atom is 0.167 e. The van der Waals surface area contributed by atoms with Crippen LogP contribution in [0.4, 0.5) is 5.82 Å². The number of aliphatic hydroxyl groups is 2. The van der Waals surface area contributed by atoms with Crippen molar-refractivity contribution in [1.82, 2.24) is 29.4 Å². The molecule has 3 aromatic heterocycles. The van der Waals surface area contributed by atoms with E-state index in [-0.39, 0.29) is 5.82 Å². The van der Waals surface area contributed by atoms with Crippen LogP contribution in [0.25, 0.3) is 33.0 Å². The number of aliphatic hydroxyl groups excluding tert-OH is 2. The molecule has 0 saturated carbocycles. The topological polar surface area (TPSA) is 136 Å². The molecule has 10 nitrogen and oxygen atoms in total. The van der Waals surface area contributed by atoms with Gasteiger partial charge in [0.15, 0.2) is 17.7 Å². The van der Waals surface area contributed by atoms with Gasteiger partial charge in [-0.15, -0.1) is 0 Å². The number of imidazole rings is 1. The summed E-state index contributed by atoms with van der Waals surface area (Å²) in [6, 6.07) is 16.8. The Morgan fingerprint density at radius 3 is 2.38 bits per heavy atom. The lowest BCUT2D eigenvalue weighted by Gasteiger charge is -2.16. The largest absolute Gasteiger partial charge is 0.387 e. The molecule has 0 aliphatic carbocycles. The molecular weight excluding hydrogens is 434 g/mol. The smallest absolute Gasteiger partial charge is 0.167 e. The lowest BCUT2D eigenvalue weighted by atomic mass is 10.1. The highest BCUT2D eigenvalue weighted by molar-refractivity contribution is 6.07. The lowest BCUT2D eigenvalue weighted by molar-refractivity contribution is -0.0341. The first-order valence-corrected chi connectivity index (χ1v) is 11.2. The molecule has 1 fully saturated rings. The highest BCUT2D eigenvalue weighted by Crippen LogP contribution is 2.32. The van der Waals surface area contributed by atoms with E-state index < -0.39 is 24.5 Å². The predicted molar refractivity (Wildman–Crippen MR) is 128 cm³/mol. The number of hydrogen-bond acceptors (Lipinski definition) is 8. The van der Waals surface area contributed by atoms with Gasteiger partial charge in [0.1, 0.15) is 30.2 Å². The molecule has 1 unspecified atom stereocenters. The third-order valence-corrected chi connectivity index (χ3v) is 6.54. The summed E-state index contributed by atoms with van der Waals surface area (Å²) < 4.78 is 9.89. The van der Waals surface area contributed by atoms with E-state index in [2.05, 4.69) is 61.2 Å². The van der Waals surface area contributed by atoms with Crippen molar-refractivity contribution in [1.29, 1.82) is 0 Å². The van der Waals surface area contributed by atoms with Crippen molar-refractivity contribution in [2.75, 3.05) is 18.8 Å². The SMILES string of the molecule is Nc1ncnc2c1ncn2C1O[C@H](CNCCn2c3ccccc3c3ccccc32)[C@@H](O)[C@H]1O. The Labute approximate surface area is 194 Å². The molecule has 1 aliphatic heterocycles. The fourth-order valence-electron chi connectivity index (χ4n) is 4.86. The number of benzene rings is 2. The normalized spacial score (nSPS) is 22.9. The molecule has 1 saturated heterocycles. The number of aromatic nitrogens is 5. The average Bonchev–Trinajstić information content (AvgIpc) is 3.51. The van der Waals surface area contributed by atoms with Crippen molar-refractivity contribution in [3.05, 3.63) is 61.2 Å². The van der Waals surface area contributed by atoms with Crippen molar-refractivity contribution >= 4 is 38.8 Å². The van der Waals surface area contributed by atoms with E-state index in [1.54, 1.807) is 4.57 Å². The summed E-state index contributed by atoms with van der Waals surface area (Å²) in [6.45, 7) is 1.81. The number of fused-ring (bicyclic) bond motifs is 4. The summed E-state index contributed by atoms with van der Waals surface area (Å²) >= 11 is 0. The molecule has 174 valence electrons. The number of ether oxygens (including phenoxy) is 1. The third kappa shape index (κ3) is 3.31. The first kappa shape index (κ1) is 21.0. The van der Waals surface area contributed by atoms with Crippen LogP contribution in [0.5, 0.6) is 0 Å². The number of nitrogens with two attached hydrogens (primary N) is 1. The maximum atomic E-state index is 10.6. The minimum absolute atomic E-state index is 0.250. The van der Waals surface area contributed by atoms with Crippen LogP contribution in [0.3, 0.4) is 0 Å². The first-order valence-electron chi connectivity index (χ1n) is 11.2. The van der Waals surface area contributed by atoms with Gasteiger partial charge in [0.05, 0.1) is 6.33 Å². The van der Waals surface area contributed by atoms with Gasteiger partial charge in [0, 0.05) is 41.4 Å². The molecule has 5 N–H and O–H groups in total. The Morgan fingerprint density at radius 2 is 1.65 bits per heavy atom. The van der Waals surface area contributed by atoms with Crippen LogP contribution in [-0.2, 0) is 11.3 Å². The molecular formula is C24H25N7O3. The van der Waals surface area contributed by atoms with Crippen molar-refractivity contribution in [2.24, 2.45) is 0 Å². The van der Waals surface area contributed by atoms with Crippen LogP contribution in [0, 0.1) is 0 Å². The number of para-hydroxylation sites is 2. The predicted octanol–water partition coefficient (Wildman–Crippen LogP) is 1.43. The summed E-state index contributed by atoms with van der Waals surface area (Å²) in [5, 5.41) is 27.1. The molecule has 0 bridgehead atoms. The molecule has 6 rings (SSSR count). The van der Waals surface area contributed by atoms with Gasteiger partial charge in [-0.25, -0.2) is 15.0 Å². The Morgan fingerprint density at radius 1 is 0.941 bits per heavy atom. The molecule has 5 aromatic rings. The summed E-state index contributed by atoms with van der Waals surface area (Å²) in [6.07, 6.45) is -0.760. The second-order valence-electron chi connectivity index (χ2n) is 8.52. The number of nitrogen functional groups attached to an aromatic ring is 1. The zero-order chi connectivity index (χ0) is 23.2. The number of nitrogens with zero attached hydrogens (tertiary/aromatic N) is 5. The monoisotopic (exact) mass is 459 g/mol. The molecule has 4 atom stereocenters. The number of rotatable bonds is 6. The number of anilines is 1. The quantitative estimate of drug-likeness (QED) is 0.280. The highest BCUT2D eigenvalue weighted by atomic mass is 16.6. The van der Waals surface area contributed by atoms with Gasteiger partial charge in [-0.2, -0.15) is 0 Å². The zero-order valence-electron chi connectivity index (χ0n) is 18.3. The van der Waals surface area contributed by atoms with Crippen LogP contribution >= 0.6 is 0 Å². The van der Waals surface area contributed by atoms with Crippen LogP contribution in [-0.4, -0.2) is 65.7 Å². The van der Waals surface area contributed by atoms with Gasteiger partial charge in [0.25, 0.3) is 0 Å². The third-order valence-electron chi connectivity index (χ3n) is 6.54. The fourth-order valence-corrected chi connectivity index (χ4v) is 4.86. The number of nitrogens with one attached hydrogen (secondary N) is 1. The average molecular weight is 460 g/mol. The Bertz CT molecular complexity index is 1430. The standard InChI is InChI=1S/C24H25N7O3/c25-22-19-23(28-12-27-22)31(13-29-19)24-21(33)20(32)18(34-24)11-26-9-10-30-16-7-3-1-5-14(16)15-6-2-4-8-17(15)30/h1-8,12-13,18,20-21,24,26,32-33H,9-11H2,(H2,25,27,28)/t18-,20-,21-,24?/m1/s1. The van der Waals surface area contributed by atoms with Crippen LogP contribution in [0.1, 0.15) is 6.23 Å². The van der Waals surface area contributed by atoms with Crippen molar-refractivity contribution < 1.29 is 14.9 Å². The van der Waals surface area contributed by atoms with E-state index in [0.29, 0.717) is 24.3 Å². The second-order valence-corrected chi connectivity index (χ2v) is 8.52. The Kier molecular flexibility index (Phi) is 5.15. The van der Waals surface area contributed by atoms with Gasteiger partial charge in [-0.1, -0.05) is 36.4 Å². The van der Waals surface area contributed by atoms with E-state index in [0.717, 1.165) is 6.54 Å². The summed E-state index contributed by atoms with van der Waals surface area (Å²) in [5.74, 6) is 0.250. The molecule has 4 heterocycles. The zero-order valence-corrected chi connectivity index (χ0v) is 18.3. The lowest BCUT2D eigenvalue weighted by Crippen LogP contribution is -2.38.